The van der Waals surface area contributed by atoms with Crippen LogP contribution in [-0.2, 0) is 101 Å². The Hall–Kier alpha value is 1.27. The van der Waals surface area contributed by atoms with Crippen LogP contribution in [0.25, 0.3) is 0 Å². The van der Waals surface area contributed by atoms with Gasteiger partial charge in [0.25, 0.3) is 0 Å². The summed E-state index contributed by atoms with van der Waals surface area (Å²) in [6, 6.07) is 5.98. The van der Waals surface area contributed by atoms with Crippen molar-refractivity contribution < 1.29 is 214 Å². The predicted molar refractivity (Wildman–Crippen MR) is 277 cm³/mol. The third kappa shape index (κ3) is 60.4. The fourth-order valence-electron chi connectivity index (χ4n) is 5.88. The zero-order valence-electron chi connectivity index (χ0n) is 47.6. The molecule has 0 fully saturated rings. The quantitative estimate of drug-likeness (QED) is 0.0350. The maximum absolute atomic E-state index is 10.5. The van der Waals surface area contributed by atoms with Crippen LogP contribution in [-0.4, -0.2) is 262 Å². The van der Waals surface area contributed by atoms with Crippen molar-refractivity contribution in [3.05, 3.63) is 23.8 Å². The largest absolute Gasteiger partial charge is 1.00 e. The van der Waals surface area contributed by atoms with Crippen LogP contribution in [0.15, 0.2) is 18.2 Å². The van der Waals surface area contributed by atoms with Crippen LogP contribution < -0.4 is 112 Å². The standard InChI is InChI=1S/C50H94O24S2.2K/c1-50(2,3)47-8-9-48(73-42-40-71-38-36-69-34-32-67-30-28-65-26-24-63-22-20-61-18-16-59-14-12-57-10-4-6-44-75(51,52)53)49(46-47)74-43-41-72-39-37-70-35-33-68-31-29-66-27-25-64-23-21-62-19-17-60-15-13-58-11-5-7-45-76(54,55)56;;/h8-9,46H,4-7,10-45H2,1-3H3,(H,51,52,53)(H,54,55,56);;/q;2*+1/p-2. The molecule has 28 heteroatoms. The van der Waals surface area contributed by atoms with Gasteiger partial charge in [-0.15, -0.1) is 0 Å². The Kier molecular flexibility index (Phi) is 61.2. The SMILES string of the molecule is CC(C)(C)c1ccc(OCCOCCOCCOCCOCCOCCOCCOCCOCCCCS(=O)(=O)[O-])c(OCCOCCOCCOCCOCCOCCOCCOCCOCCCCS(=O)(=O)[O-])c1.[K+].[K+]. The van der Waals surface area contributed by atoms with Crippen LogP contribution in [0.3, 0.4) is 0 Å². The van der Waals surface area contributed by atoms with Crippen LogP contribution in [0.1, 0.15) is 52.0 Å². The Bertz CT molecular complexity index is 1650. The third-order valence-electron chi connectivity index (χ3n) is 9.85. The van der Waals surface area contributed by atoms with Gasteiger partial charge in [0.15, 0.2) is 11.5 Å². The van der Waals surface area contributed by atoms with E-state index in [1.807, 2.05) is 18.2 Å². The zero-order chi connectivity index (χ0) is 55.4. The average molecular weight is 1220 g/mol. The summed E-state index contributed by atoms with van der Waals surface area (Å²) in [5.41, 5.74) is 1.06. The van der Waals surface area contributed by atoms with Gasteiger partial charge in [-0.25, -0.2) is 16.8 Å². The minimum atomic E-state index is -4.16. The van der Waals surface area contributed by atoms with Crippen molar-refractivity contribution in [2.75, 3.05) is 236 Å². The van der Waals surface area contributed by atoms with Gasteiger partial charge < -0.3 is 94.4 Å². The molecule has 1 rings (SSSR count). The van der Waals surface area contributed by atoms with Crippen molar-refractivity contribution in [1.29, 1.82) is 0 Å². The Morgan fingerprint density at radius 2 is 0.513 bits per heavy atom. The normalized spacial score (nSPS) is 12.0. The molecule has 0 aromatic heterocycles. The molecule has 450 valence electrons. The first-order valence-electron chi connectivity index (χ1n) is 26.3. The van der Waals surface area contributed by atoms with E-state index in [1.165, 1.54) is 0 Å². The first-order chi connectivity index (χ1) is 36.8. The average Bonchev–Trinajstić information content (AvgIpc) is 3.37. The van der Waals surface area contributed by atoms with Gasteiger partial charge in [-0.2, -0.15) is 0 Å². The second kappa shape index (κ2) is 58.6. The number of ether oxygens (including phenoxy) is 18. The Morgan fingerprint density at radius 1 is 0.308 bits per heavy atom. The Labute approximate surface area is 551 Å². The van der Waals surface area contributed by atoms with E-state index in [9.17, 15) is 25.9 Å². The van der Waals surface area contributed by atoms with Crippen LogP contribution in [0.5, 0.6) is 11.5 Å². The van der Waals surface area contributed by atoms with Gasteiger partial charge in [0.2, 0.25) is 0 Å². The number of hydrogen-bond donors (Lipinski definition) is 0. The molecule has 0 saturated heterocycles. The molecular weight excluding hydrogens is 1130 g/mol. The monoisotopic (exact) mass is 1220 g/mol. The number of hydrogen-bond acceptors (Lipinski definition) is 24. The molecular formula is C50H92K2O24S2. The van der Waals surface area contributed by atoms with Crippen molar-refractivity contribution >= 4 is 20.2 Å². The van der Waals surface area contributed by atoms with Gasteiger partial charge in [-0.1, -0.05) is 26.8 Å². The summed E-state index contributed by atoms with van der Waals surface area (Å²) in [6.07, 6.45) is 1.62. The van der Waals surface area contributed by atoms with E-state index in [4.69, 9.17) is 85.3 Å². The topological polar surface area (TPSA) is 281 Å². The summed E-state index contributed by atoms with van der Waals surface area (Å²) in [5, 5.41) is 0. The second-order valence-corrected chi connectivity index (χ2v) is 20.4. The van der Waals surface area contributed by atoms with Gasteiger partial charge in [-0.05, 0) is 48.8 Å². The minimum absolute atomic E-state index is 0. The Balaban J connectivity index is 0. The number of rotatable bonds is 60. The fourth-order valence-corrected chi connectivity index (χ4v) is 6.99. The molecule has 1 aromatic rings. The summed E-state index contributed by atoms with van der Waals surface area (Å²) >= 11 is 0. The summed E-state index contributed by atoms with van der Waals surface area (Å²) in [4.78, 5) is 0. The molecule has 0 bridgehead atoms. The molecule has 24 nitrogen and oxygen atoms in total. The van der Waals surface area contributed by atoms with E-state index in [1.54, 1.807) is 0 Å². The smallest absolute Gasteiger partial charge is 0.748 e. The molecule has 0 unspecified atom stereocenters. The molecule has 0 aliphatic heterocycles. The van der Waals surface area contributed by atoms with Crippen LogP contribution in [0.2, 0.25) is 0 Å². The fraction of sp³-hybridized carbons (Fsp3) is 0.880. The van der Waals surface area contributed by atoms with Gasteiger partial charge in [0, 0.05) is 24.7 Å². The summed E-state index contributed by atoms with van der Waals surface area (Å²) < 4.78 is 163. The third-order valence-corrected chi connectivity index (χ3v) is 11.4. The van der Waals surface area contributed by atoms with E-state index >= 15 is 0 Å². The molecule has 0 N–H and O–H groups in total. The molecule has 0 amide bonds. The maximum atomic E-state index is 10.5. The van der Waals surface area contributed by atoms with Crippen LogP contribution in [0, 0.1) is 0 Å². The van der Waals surface area contributed by atoms with Gasteiger partial charge in [0.05, 0.1) is 218 Å². The first kappa shape index (κ1) is 81.3. The van der Waals surface area contributed by atoms with Crippen molar-refractivity contribution in [3.63, 3.8) is 0 Å². The molecule has 0 radical (unpaired) electrons. The van der Waals surface area contributed by atoms with Crippen LogP contribution >= 0.6 is 0 Å². The first-order valence-corrected chi connectivity index (χ1v) is 29.4. The van der Waals surface area contributed by atoms with E-state index in [2.05, 4.69) is 20.8 Å². The molecule has 0 spiro atoms. The summed E-state index contributed by atoms with van der Waals surface area (Å²) in [6.45, 7) is 20.9. The number of benzene rings is 1. The zero-order valence-corrected chi connectivity index (χ0v) is 55.5. The van der Waals surface area contributed by atoms with Crippen molar-refractivity contribution in [3.8, 4) is 11.5 Å². The molecule has 0 atom stereocenters. The molecule has 0 saturated carbocycles. The Morgan fingerprint density at radius 3 is 0.731 bits per heavy atom. The van der Waals surface area contributed by atoms with Crippen molar-refractivity contribution in [2.24, 2.45) is 0 Å². The van der Waals surface area contributed by atoms with Gasteiger partial charge >= 0.3 is 103 Å². The van der Waals surface area contributed by atoms with Gasteiger partial charge in [-0.3, -0.25) is 0 Å². The molecule has 0 heterocycles. The maximum Gasteiger partial charge on any atom is 1.00 e. The molecule has 1 aromatic carbocycles. The molecule has 0 aliphatic carbocycles. The summed E-state index contributed by atoms with van der Waals surface area (Å²) in [5.74, 6) is 0.552. The van der Waals surface area contributed by atoms with Gasteiger partial charge in [0.1, 0.15) is 13.2 Å². The van der Waals surface area contributed by atoms with E-state index in [0.29, 0.717) is 262 Å². The molecule has 78 heavy (non-hydrogen) atoms. The second-order valence-electron chi connectivity index (χ2n) is 17.3. The van der Waals surface area contributed by atoms with Crippen LogP contribution in [0.4, 0.5) is 0 Å². The minimum Gasteiger partial charge on any atom is -0.748 e. The van der Waals surface area contributed by atoms with Crippen molar-refractivity contribution in [1.82, 2.24) is 0 Å². The van der Waals surface area contributed by atoms with Crippen molar-refractivity contribution in [2.45, 2.75) is 51.9 Å². The van der Waals surface area contributed by atoms with E-state index in [-0.39, 0.29) is 120 Å². The van der Waals surface area contributed by atoms with E-state index in [0.717, 1.165) is 5.56 Å². The summed E-state index contributed by atoms with van der Waals surface area (Å²) in [7, 11) is -8.31. The van der Waals surface area contributed by atoms with E-state index < -0.39 is 20.2 Å². The predicted octanol–water partition coefficient (Wildman–Crippen LogP) is -3.33. The number of unbranched alkanes of at least 4 members (excludes halogenated alkanes) is 2. The molecule has 0 aliphatic rings.